The van der Waals surface area contributed by atoms with Crippen molar-refractivity contribution < 1.29 is 23.1 Å². The minimum atomic E-state index is -4.38. The lowest BCUT2D eigenvalue weighted by molar-refractivity contribution is -0.138. The van der Waals surface area contributed by atoms with E-state index in [4.69, 9.17) is 5.11 Å². The van der Waals surface area contributed by atoms with Crippen molar-refractivity contribution in [1.29, 1.82) is 0 Å². The fourth-order valence-corrected chi connectivity index (χ4v) is 2.33. The third-order valence-electron chi connectivity index (χ3n) is 3.28. The van der Waals surface area contributed by atoms with E-state index in [1.54, 1.807) is 15.9 Å². The van der Waals surface area contributed by atoms with Gasteiger partial charge in [0.05, 0.1) is 12.1 Å². The molecule has 0 unspecified atom stereocenters. The maximum atomic E-state index is 12.9. The van der Waals surface area contributed by atoms with Gasteiger partial charge in [-0.15, -0.1) is 0 Å². The van der Waals surface area contributed by atoms with E-state index in [2.05, 4.69) is 0 Å². The van der Waals surface area contributed by atoms with Gasteiger partial charge in [-0.05, 0) is 12.1 Å². The zero-order valence-electron chi connectivity index (χ0n) is 10.7. The molecule has 20 heavy (non-hydrogen) atoms. The summed E-state index contributed by atoms with van der Waals surface area (Å²) >= 11 is 0. The highest BCUT2D eigenvalue weighted by Gasteiger charge is 2.35. The Morgan fingerprint density at radius 2 is 1.75 bits per heavy atom. The molecule has 1 heterocycles. The number of halogens is 3. The molecule has 0 radical (unpaired) electrons. The first-order valence-corrected chi connectivity index (χ1v) is 6.23. The van der Waals surface area contributed by atoms with Crippen LogP contribution in [-0.4, -0.2) is 48.7 Å². The molecule has 110 valence electrons. The number of anilines is 1. The summed E-state index contributed by atoms with van der Waals surface area (Å²) in [5.74, 6) is -0.922. The largest absolute Gasteiger partial charge is 0.480 e. The fourth-order valence-electron chi connectivity index (χ4n) is 2.33. The molecular formula is C13H15F3N2O2. The van der Waals surface area contributed by atoms with Crippen molar-refractivity contribution in [2.24, 2.45) is 0 Å². The normalized spacial score (nSPS) is 17.2. The van der Waals surface area contributed by atoms with Crippen molar-refractivity contribution in [2.45, 2.75) is 6.18 Å². The first kappa shape index (κ1) is 14.6. The Bertz CT molecular complexity index is 483. The summed E-state index contributed by atoms with van der Waals surface area (Å²) in [6, 6.07) is 5.47. The van der Waals surface area contributed by atoms with E-state index in [1.807, 2.05) is 0 Å². The van der Waals surface area contributed by atoms with Gasteiger partial charge < -0.3 is 10.0 Å². The highest BCUT2D eigenvalue weighted by molar-refractivity contribution is 5.69. The van der Waals surface area contributed by atoms with Crippen LogP contribution in [0.1, 0.15) is 5.56 Å². The second-order valence-electron chi connectivity index (χ2n) is 4.67. The van der Waals surface area contributed by atoms with E-state index in [1.165, 1.54) is 12.1 Å². The molecule has 0 aromatic heterocycles. The van der Waals surface area contributed by atoms with Gasteiger partial charge >= 0.3 is 12.1 Å². The van der Waals surface area contributed by atoms with E-state index in [-0.39, 0.29) is 12.2 Å². The molecule has 1 N–H and O–H groups in total. The topological polar surface area (TPSA) is 43.8 Å². The number of carbonyl (C=O) groups is 1. The number of hydrogen-bond acceptors (Lipinski definition) is 3. The molecule has 0 amide bonds. The third-order valence-corrected chi connectivity index (χ3v) is 3.28. The van der Waals surface area contributed by atoms with Gasteiger partial charge in [-0.25, -0.2) is 0 Å². The van der Waals surface area contributed by atoms with Crippen molar-refractivity contribution in [3.05, 3.63) is 29.8 Å². The molecule has 4 nitrogen and oxygen atoms in total. The quantitative estimate of drug-likeness (QED) is 0.923. The summed E-state index contributed by atoms with van der Waals surface area (Å²) in [5.41, 5.74) is -0.485. The molecule has 0 aliphatic carbocycles. The molecule has 1 aliphatic rings. The van der Waals surface area contributed by atoms with Crippen LogP contribution in [0, 0.1) is 0 Å². The van der Waals surface area contributed by atoms with Gasteiger partial charge in [0.1, 0.15) is 0 Å². The number of aliphatic carboxylic acids is 1. The van der Waals surface area contributed by atoms with Crippen LogP contribution >= 0.6 is 0 Å². The second kappa shape index (κ2) is 5.70. The van der Waals surface area contributed by atoms with Gasteiger partial charge in [0, 0.05) is 31.9 Å². The van der Waals surface area contributed by atoms with Crippen molar-refractivity contribution in [3.63, 3.8) is 0 Å². The number of alkyl halides is 3. The number of nitrogens with zero attached hydrogens (tertiary/aromatic N) is 2. The van der Waals surface area contributed by atoms with Crippen LogP contribution in [0.15, 0.2) is 24.3 Å². The van der Waals surface area contributed by atoms with E-state index in [0.29, 0.717) is 26.2 Å². The summed E-state index contributed by atoms with van der Waals surface area (Å²) in [6.07, 6.45) is -4.38. The average Bonchev–Trinajstić information content (AvgIpc) is 2.38. The standard InChI is InChI=1S/C13H15F3N2O2/c14-13(15,16)10-3-1-2-4-11(10)18-7-5-17(6-8-18)9-12(19)20/h1-4H,5-9H2,(H,19,20). The fraction of sp³-hybridized carbons (Fsp3) is 0.462. The molecule has 1 fully saturated rings. The Labute approximate surface area is 114 Å². The summed E-state index contributed by atoms with van der Waals surface area (Å²) in [7, 11) is 0. The molecule has 0 spiro atoms. The third kappa shape index (κ3) is 3.41. The number of benzene rings is 1. The lowest BCUT2D eigenvalue weighted by atomic mass is 10.1. The number of carboxylic acids is 1. The maximum Gasteiger partial charge on any atom is 0.418 e. The van der Waals surface area contributed by atoms with Crippen molar-refractivity contribution in [1.82, 2.24) is 4.90 Å². The number of hydrogen-bond donors (Lipinski definition) is 1. The minimum absolute atomic E-state index is 0.0746. The SMILES string of the molecule is O=C(O)CN1CCN(c2ccccc2C(F)(F)F)CC1. The molecule has 2 rings (SSSR count). The lowest BCUT2D eigenvalue weighted by Gasteiger charge is -2.36. The summed E-state index contributed by atoms with van der Waals surface area (Å²) in [5, 5.41) is 8.70. The predicted octanol–water partition coefficient (Wildman–Crippen LogP) is 1.91. The molecular weight excluding hydrogens is 273 g/mol. The van der Waals surface area contributed by atoms with E-state index >= 15 is 0 Å². The predicted molar refractivity (Wildman–Crippen MR) is 67.7 cm³/mol. The number of carboxylic acid groups (broad SMARTS) is 1. The van der Waals surface area contributed by atoms with Crippen molar-refractivity contribution in [3.8, 4) is 0 Å². The Morgan fingerprint density at radius 3 is 2.30 bits per heavy atom. The van der Waals surface area contributed by atoms with Gasteiger partial charge in [-0.2, -0.15) is 13.2 Å². The molecule has 0 saturated carbocycles. The van der Waals surface area contributed by atoms with Crippen LogP contribution in [0.25, 0.3) is 0 Å². The Morgan fingerprint density at radius 1 is 1.15 bits per heavy atom. The summed E-state index contributed by atoms with van der Waals surface area (Å²) < 4.78 is 38.8. The van der Waals surface area contributed by atoms with E-state index < -0.39 is 17.7 Å². The Balaban J connectivity index is 2.09. The smallest absolute Gasteiger partial charge is 0.418 e. The highest BCUT2D eigenvalue weighted by atomic mass is 19.4. The Hall–Kier alpha value is -1.76. The van der Waals surface area contributed by atoms with Crippen LogP contribution < -0.4 is 4.90 Å². The molecule has 0 bridgehead atoms. The zero-order chi connectivity index (χ0) is 14.8. The van der Waals surface area contributed by atoms with Crippen LogP contribution in [0.4, 0.5) is 18.9 Å². The van der Waals surface area contributed by atoms with Crippen molar-refractivity contribution in [2.75, 3.05) is 37.6 Å². The van der Waals surface area contributed by atoms with Gasteiger partial charge in [0.15, 0.2) is 0 Å². The molecule has 1 aromatic rings. The van der Waals surface area contributed by atoms with E-state index in [9.17, 15) is 18.0 Å². The van der Waals surface area contributed by atoms with Gasteiger partial charge in [-0.1, -0.05) is 12.1 Å². The van der Waals surface area contributed by atoms with Gasteiger partial charge in [0.2, 0.25) is 0 Å². The summed E-state index contributed by atoms with van der Waals surface area (Å²) in [4.78, 5) is 14.0. The molecule has 1 aromatic carbocycles. The monoisotopic (exact) mass is 288 g/mol. The second-order valence-corrected chi connectivity index (χ2v) is 4.67. The average molecular weight is 288 g/mol. The van der Waals surface area contributed by atoms with Crippen molar-refractivity contribution >= 4 is 11.7 Å². The maximum absolute atomic E-state index is 12.9. The minimum Gasteiger partial charge on any atom is -0.480 e. The van der Waals surface area contributed by atoms with Crippen LogP contribution in [0.2, 0.25) is 0 Å². The number of piperazine rings is 1. The van der Waals surface area contributed by atoms with Gasteiger partial charge in [0.25, 0.3) is 0 Å². The van der Waals surface area contributed by atoms with E-state index in [0.717, 1.165) is 6.07 Å². The number of rotatable bonds is 3. The van der Waals surface area contributed by atoms with Crippen LogP contribution in [0.5, 0.6) is 0 Å². The van der Waals surface area contributed by atoms with Crippen LogP contribution in [-0.2, 0) is 11.0 Å². The first-order valence-electron chi connectivity index (χ1n) is 6.23. The summed E-state index contributed by atoms with van der Waals surface area (Å²) in [6.45, 7) is 1.59. The van der Waals surface area contributed by atoms with Crippen LogP contribution in [0.3, 0.4) is 0 Å². The first-order chi connectivity index (χ1) is 9.38. The number of para-hydroxylation sites is 1. The Kier molecular flexibility index (Phi) is 4.17. The molecule has 0 atom stereocenters. The molecule has 1 saturated heterocycles. The lowest BCUT2D eigenvalue weighted by Crippen LogP contribution is -2.48. The highest BCUT2D eigenvalue weighted by Crippen LogP contribution is 2.36. The molecule has 1 aliphatic heterocycles. The molecule has 7 heteroatoms. The zero-order valence-corrected chi connectivity index (χ0v) is 10.7. The van der Waals surface area contributed by atoms with Gasteiger partial charge in [-0.3, -0.25) is 9.69 Å².